The van der Waals surface area contributed by atoms with Crippen molar-refractivity contribution < 1.29 is 0 Å². The van der Waals surface area contributed by atoms with E-state index >= 15 is 0 Å². The number of nitrogens with zero attached hydrogens (tertiary/aromatic N) is 2. The van der Waals surface area contributed by atoms with Crippen molar-refractivity contribution in [3.8, 4) is 22.4 Å². The third-order valence-corrected chi connectivity index (χ3v) is 4.48. The summed E-state index contributed by atoms with van der Waals surface area (Å²) in [5.41, 5.74) is 11.4. The number of aromatic nitrogens is 2. The molecule has 134 valence electrons. The quantitative estimate of drug-likeness (QED) is 0.297. The van der Waals surface area contributed by atoms with E-state index in [0.29, 0.717) is 11.3 Å². The van der Waals surface area contributed by atoms with Crippen LogP contribution < -0.4 is 22.1 Å². The van der Waals surface area contributed by atoms with E-state index in [-0.39, 0.29) is 5.56 Å². The summed E-state index contributed by atoms with van der Waals surface area (Å²) in [5.74, 6) is 5.92. The largest absolute Gasteiger partial charge is 0.397 e. The summed E-state index contributed by atoms with van der Waals surface area (Å²) < 4.78 is 0. The van der Waals surface area contributed by atoms with Crippen molar-refractivity contribution >= 4 is 22.4 Å². The zero-order valence-electron chi connectivity index (χ0n) is 14.8. The van der Waals surface area contributed by atoms with E-state index in [4.69, 9.17) is 16.6 Å². The molecule has 0 saturated heterocycles. The average molecular weight is 357 g/mol. The van der Waals surface area contributed by atoms with Gasteiger partial charge in [-0.25, -0.2) is 10.8 Å². The fourth-order valence-electron chi connectivity index (χ4n) is 3.13. The normalized spacial score (nSPS) is 10.9. The Kier molecular flexibility index (Phi) is 4.10. The van der Waals surface area contributed by atoms with E-state index in [1.54, 1.807) is 13.1 Å². The van der Waals surface area contributed by atoms with Crippen molar-refractivity contribution in [2.45, 2.75) is 0 Å². The summed E-state index contributed by atoms with van der Waals surface area (Å²) in [6.45, 7) is 0. The molecule has 4 aromatic rings. The molecule has 2 aromatic heterocycles. The lowest BCUT2D eigenvalue weighted by atomic mass is 9.97. The third kappa shape index (κ3) is 3.14. The van der Waals surface area contributed by atoms with E-state index < -0.39 is 0 Å². The molecular formula is C21H19N5O. The molecule has 0 aliphatic carbocycles. The standard InChI is InChI=1S/C21H19N5O/c1-26(23)18-12-14(7-9-17(18)22)16-11-15-8-10-19(27)24-21(15)25-20(16)13-5-3-2-4-6-13/h2-12H,22-23H2,1H3,(H,24,25,27). The van der Waals surface area contributed by atoms with Crippen LogP contribution in [0.5, 0.6) is 0 Å². The zero-order chi connectivity index (χ0) is 19.0. The number of nitrogens with two attached hydrogens (primary N) is 2. The minimum atomic E-state index is -0.179. The second-order valence-corrected chi connectivity index (χ2v) is 6.40. The van der Waals surface area contributed by atoms with Gasteiger partial charge in [0.25, 0.3) is 0 Å². The van der Waals surface area contributed by atoms with Gasteiger partial charge in [0.05, 0.1) is 17.1 Å². The van der Waals surface area contributed by atoms with E-state index in [9.17, 15) is 4.79 Å². The Hall–Kier alpha value is -3.64. The maximum Gasteiger partial charge on any atom is 0.249 e. The van der Waals surface area contributed by atoms with E-state index in [1.807, 2.05) is 54.6 Å². The fourth-order valence-corrected chi connectivity index (χ4v) is 3.13. The Bertz CT molecular complexity index is 1180. The number of anilines is 2. The van der Waals surface area contributed by atoms with Crippen molar-refractivity contribution in [3.63, 3.8) is 0 Å². The van der Waals surface area contributed by atoms with Gasteiger partial charge < -0.3 is 15.7 Å². The van der Waals surface area contributed by atoms with Gasteiger partial charge in [-0.15, -0.1) is 0 Å². The molecule has 0 atom stereocenters. The molecule has 4 rings (SSSR count). The molecule has 0 aliphatic rings. The second-order valence-electron chi connectivity index (χ2n) is 6.40. The van der Waals surface area contributed by atoms with Crippen molar-refractivity contribution in [2.24, 2.45) is 5.84 Å². The monoisotopic (exact) mass is 357 g/mol. The average Bonchev–Trinajstić information content (AvgIpc) is 2.68. The lowest BCUT2D eigenvalue weighted by molar-refractivity contribution is 1.02. The number of benzene rings is 2. The molecule has 2 aromatic carbocycles. The highest BCUT2D eigenvalue weighted by atomic mass is 16.1. The first-order valence-corrected chi connectivity index (χ1v) is 8.51. The van der Waals surface area contributed by atoms with E-state index in [2.05, 4.69) is 4.98 Å². The number of hydrazine groups is 1. The molecular weight excluding hydrogens is 338 g/mol. The van der Waals surface area contributed by atoms with Crippen molar-refractivity contribution in [3.05, 3.63) is 77.1 Å². The summed E-state index contributed by atoms with van der Waals surface area (Å²) in [4.78, 5) is 19.3. The Balaban J connectivity index is 2.03. The van der Waals surface area contributed by atoms with Gasteiger partial charge in [-0.05, 0) is 29.8 Å². The highest BCUT2D eigenvalue weighted by Crippen LogP contribution is 2.35. The Morgan fingerprint density at radius 1 is 0.963 bits per heavy atom. The van der Waals surface area contributed by atoms with Crippen LogP contribution in [0.1, 0.15) is 0 Å². The van der Waals surface area contributed by atoms with Gasteiger partial charge in [0, 0.05) is 29.6 Å². The van der Waals surface area contributed by atoms with Gasteiger partial charge in [-0.3, -0.25) is 4.79 Å². The predicted molar refractivity (Wildman–Crippen MR) is 110 cm³/mol. The maximum atomic E-state index is 11.7. The van der Waals surface area contributed by atoms with Crippen LogP contribution in [0, 0.1) is 0 Å². The molecule has 27 heavy (non-hydrogen) atoms. The number of aromatic amines is 1. The first kappa shape index (κ1) is 16.8. The Morgan fingerprint density at radius 2 is 1.74 bits per heavy atom. The minimum absolute atomic E-state index is 0.179. The molecule has 0 saturated carbocycles. The summed E-state index contributed by atoms with van der Waals surface area (Å²) in [6.07, 6.45) is 0. The molecule has 2 heterocycles. The number of pyridine rings is 2. The molecule has 0 fully saturated rings. The van der Waals surface area contributed by atoms with Crippen molar-refractivity contribution in [2.75, 3.05) is 17.8 Å². The molecule has 6 nitrogen and oxygen atoms in total. The maximum absolute atomic E-state index is 11.7. The number of hydrogen-bond acceptors (Lipinski definition) is 5. The topological polar surface area (TPSA) is 101 Å². The number of H-pyrrole nitrogens is 1. The van der Waals surface area contributed by atoms with Gasteiger partial charge in [0.15, 0.2) is 0 Å². The number of nitrogen functional groups attached to an aromatic ring is 1. The Morgan fingerprint density at radius 3 is 2.48 bits per heavy atom. The van der Waals surface area contributed by atoms with Crippen molar-refractivity contribution in [1.82, 2.24) is 9.97 Å². The van der Waals surface area contributed by atoms with Crippen LogP contribution >= 0.6 is 0 Å². The Labute approximate surface area is 156 Å². The van der Waals surface area contributed by atoms with Gasteiger partial charge in [-0.2, -0.15) is 0 Å². The summed E-state index contributed by atoms with van der Waals surface area (Å²) in [7, 11) is 1.75. The van der Waals surface area contributed by atoms with Crippen LogP contribution in [-0.4, -0.2) is 17.0 Å². The third-order valence-electron chi connectivity index (χ3n) is 4.48. The molecule has 5 N–H and O–H groups in total. The van der Waals surface area contributed by atoms with Gasteiger partial charge in [-0.1, -0.05) is 36.4 Å². The predicted octanol–water partition coefficient (Wildman–Crippen LogP) is 3.15. The highest BCUT2D eigenvalue weighted by molar-refractivity contribution is 5.91. The van der Waals surface area contributed by atoms with Crippen LogP contribution in [0.15, 0.2) is 71.5 Å². The molecule has 6 heteroatoms. The van der Waals surface area contributed by atoms with E-state index in [0.717, 1.165) is 33.5 Å². The summed E-state index contributed by atoms with van der Waals surface area (Å²) in [6, 6.07) is 20.9. The van der Waals surface area contributed by atoms with Crippen molar-refractivity contribution in [1.29, 1.82) is 0 Å². The molecule has 0 bridgehead atoms. The van der Waals surface area contributed by atoms with Gasteiger partial charge >= 0.3 is 0 Å². The van der Waals surface area contributed by atoms with Gasteiger partial charge in [0.2, 0.25) is 5.56 Å². The number of fused-ring (bicyclic) bond motifs is 1. The summed E-state index contributed by atoms with van der Waals surface area (Å²) in [5, 5.41) is 2.34. The number of nitrogens with one attached hydrogen (secondary N) is 1. The molecule has 0 unspecified atom stereocenters. The first-order chi connectivity index (χ1) is 13.0. The molecule has 0 amide bonds. The molecule has 0 radical (unpaired) electrons. The van der Waals surface area contributed by atoms with Crippen LogP contribution in [0.2, 0.25) is 0 Å². The van der Waals surface area contributed by atoms with E-state index in [1.165, 1.54) is 11.1 Å². The number of rotatable bonds is 3. The van der Waals surface area contributed by atoms with Gasteiger partial charge in [0.1, 0.15) is 5.65 Å². The molecule has 0 spiro atoms. The lowest BCUT2D eigenvalue weighted by Crippen LogP contribution is -2.26. The first-order valence-electron chi connectivity index (χ1n) is 8.51. The second kappa shape index (κ2) is 6.59. The minimum Gasteiger partial charge on any atom is -0.397 e. The lowest BCUT2D eigenvalue weighted by Gasteiger charge is -2.17. The molecule has 0 aliphatic heterocycles. The highest BCUT2D eigenvalue weighted by Gasteiger charge is 2.14. The van der Waals surface area contributed by atoms with Crippen LogP contribution in [-0.2, 0) is 0 Å². The summed E-state index contributed by atoms with van der Waals surface area (Å²) >= 11 is 0. The fraction of sp³-hybridized carbons (Fsp3) is 0.0476. The SMILES string of the molecule is CN(N)c1cc(-c2cc3ccc(=O)[nH]c3nc2-c2ccccc2)ccc1N. The van der Waals surface area contributed by atoms with Crippen LogP contribution in [0.25, 0.3) is 33.4 Å². The number of hydrogen-bond donors (Lipinski definition) is 3. The smallest absolute Gasteiger partial charge is 0.249 e. The van der Waals surface area contributed by atoms with Crippen LogP contribution in [0.3, 0.4) is 0 Å². The van der Waals surface area contributed by atoms with Crippen LogP contribution in [0.4, 0.5) is 11.4 Å². The zero-order valence-corrected chi connectivity index (χ0v) is 14.8.